The highest BCUT2D eigenvalue weighted by Crippen LogP contribution is 2.12. The van der Waals surface area contributed by atoms with Crippen LogP contribution in [0.4, 0.5) is 0 Å². The van der Waals surface area contributed by atoms with Crippen LogP contribution in [0.1, 0.15) is 26.3 Å². The van der Waals surface area contributed by atoms with E-state index in [-0.39, 0.29) is 5.25 Å². The molecular formula is C15H26N2O2S2. The van der Waals surface area contributed by atoms with Gasteiger partial charge in [-0.2, -0.15) is 11.8 Å². The molecule has 0 saturated heterocycles. The van der Waals surface area contributed by atoms with Gasteiger partial charge in [-0.05, 0) is 36.9 Å². The van der Waals surface area contributed by atoms with Crippen LogP contribution in [-0.4, -0.2) is 39.1 Å². The number of hydrogen-bond acceptors (Lipinski definition) is 4. The largest absolute Gasteiger partial charge is 0.314 e. The Balaban J connectivity index is 2.60. The summed E-state index contributed by atoms with van der Waals surface area (Å²) in [6.45, 7) is 7.56. The standard InChI is InChI=1S/C15H26N2O2S2/c1-12(2)16-10-9-14-5-7-15(8-6-14)21(18,19)17-11-13(3)20-4/h5-8,12-13,16-17H,9-11H2,1-4H3. The van der Waals surface area contributed by atoms with Crippen molar-refractivity contribution in [2.45, 2.75) is 43.4 Å². The summed E-state index contributed by atoms with van der Waals surface area (Å²) >= 11 is 1.64. The van der Waals surface area contributed by atoms with E-state index in [1.807, 2.05) is 25.3 Å². The normalized spacial score (nSPS) is 13.6. The van der Waals surface area contributed by atoms with Gasteiger partial charge in [0.05, 0.1) is 4.90 Å². The van der Waals surface area contributed by atoms with Gasteiger partial charge in [0.2, 0.25) is 10.0 Å². The molecule has 120 valence electrons. The highest BCUT2D eigenvalue weighted by atomic mass is 32.2. The maximum absolute atomic E-state index is 12.1. The third-order valence-electron chi connectivity index (χ3n) is 3.16. The summed E-state index contributed by atoms with van der Waals surface area (Å²) in [5, 5.41) is 3.61. The van der Waals surface area contributed by atoms with Crippen molar-refractivity contribution in [1.82, 2.24) is 10.0 Å². The lowest BCUT2D eigenvalue weighted by Crippen LogP contribution is -2.29. The van der Waals surface area contributed by atoms with E-state index >= 15 is 0 Å². The molecular weight excluding hydrogens is 304 g/mol. The van der Waals surface area contributed by atoms with E-state index in [0.717, 1.165) is 18.5 Å². The first-order valence-corrected chi connectivity index (χ1v) is 9.97. The summed E-state index contributed by atoms with van der Waals surface area (Å²) in [5.74, 6) is 0. The Hall–Kier alpha value is -0.560. The summed E-state index contributed by atoms with van der Waals surface area (Å²) < 4.78 is 26.9. The smallest absolute Gasteiger partial charge is 0.240 e. The third kappa shape index (κ3) is 6.82. The zero-order valence-corrected chi connectivity index (χ0v) is 14.9. The quantitative estimate of drug-likeness (QED) is 0.729. The lowest BCUT2D eigenvalue weighted by molar-refractivity contribution is 0.581. The van der Waals surface area contributed by atoms with Crippen molar-refractivity contribution >= 4 is 21.8 Å². The predicted octanol–water partition coefficient (Wildman–Crippen LogP) is 2.26. The van der Waals surface area contributed by atoms with Gasteiger partial charge < -0.3 is 5.32 Å². The molecule has 6 heteroatoms. The lowest BCUT2D eigenvalue weighted by Gasteiger charge is -2.11. The number of benzene rings is 1. The van der Waals surface area contributed by atoms with Crippen molar-refractivity contribution < 1.29 is 8.42 Å². The number of hydrogen-bond donors (Lipinski definition) is 2. The second-order valence-electron chi connectivity index (χ2n) is 5.40. The molecule has 0 bridgehead atoms. The Morgan fingerprint density at radius 2 is 1.76 bits per heavy atom. The highest BCUT2D eigenvalue weighted by molar-refractivity contribution is 7.99. The molecule has 0 aliphatic heterocycles. The second-order valence-corrected chi connectivity index (χ2v) is 8.44. The van der Waals surface area contributed by atoms with Crippen LogP contribution in [0.25, 0.3) is 0 Å². The van der Waals surface area contributed by atoms with Gasteiger partial charge in [-0.15, -0.1) is 0 Å². The van der Waals surface area contributed by atoms with Crippen LogP contribution in [0.2, 0.25) is 0 Å². The van der Waals surface area contributed by atoms with E-state index in [0.29, 0.717) is 17.5 Å². The van der Waals surface area contributed by atoms with Crippen LogP contribution in [0.15, 0.2) is 29.2 Å². The SMILES string of the molecule is CSC(C)CNS(=O)(=O)c1ccc(CCNC(C)C)cc1. The van der Waals surface area contributed by atoms with Crippen molar-refractivity contribution in [3.05, 3.63) is 29.8 Å². The predicted molar refractivity (Wildman–Crippen MR) is 91.5 cm³/mol. The molecule has 0 fully saturated rings. The molecule has 1 aromatic carbocycles. The number of rotatable bonds is 9. The van der Waals surface area contributed by atoms with E-state index in [2.05, 4.69) is 23.9 Å². The maximum Gasteiger partial charge on any atom is 0.240 e. The number of sulfonamides is 1. The fourth-order valence-electron chi connectivity index (χ4n) is 1.73. The minimum Gasteiger partial charge on any atom is -0.314 e. The molecule has 4 nitrogen and oxygen atoms in total. The fourth-order valence-corrected chi connectivity index (χ4v) is 3.22. The molecule has 1 unspecified atom stereocenters. The first-order valence-electron chi connectivity index (χ1n) is 7.20. The highest BCUT2D eigenvalue weighted by Gasteiger charge is 2.14. The van der Waals surface area contributed by atoms with Gasteiger partial charge >= 0.3 is 0 Å². The molecule has 0 saturated carbocycles. The minimum atomic E-state index is -3.40. The van der Waals surface area contributed by atoms with Gasteiger partial charge in [-0.3, -0.25) is 0 Å². The second kappa shape index (κ2) is 8.78. The topological polar surface area (TPSA) is 58.2 Å². The summed E-state index contributed by atoms with van der Waals surface area (Å²) in [6, 6.07) is 7.59. The van der Waals surface area contributed by atoms with E-state index in [1.54, 1.807) is 23.9 Å². The maximum atomic E-state index is 12.1. The van der Waals surface area contributed by atoms with Crippen molar-refractivity contribution in [2.24, 2.45) is 0 Å². The molecule has 1 rings (SSSR count). The molecule has 21 heavy (non-hydrogen) atoms. The molecule has 0 aliphatic carbocycles. The van der Waals surface area contributed by atoms with Crippen LogP contribution < -0.4 is 10.0 Å². The molecule has 1 atom stereocenters. The van der Waals surface area contributed by atoms with Crippen LogP contribution in [-0.2, 0) is 16.4 Å². The van der Waals surface area contributed by atoms with Crippen molar-refractivity contribution in [2.75, 3.05) is 19.3 Å². The Kier molecular flexibility index (Phi) is 7.73. The van der Waals surface area contributed by atoms with Gasteiger partial charge in [0.15, 0.2) is 0 Å². The van der Waals surface area contributed by atoms with Crippen LogP contribution in [0.5, 0.6) is 0 Å². The summed E-state index contributed by atoms with van der Waals surface area (Å²) in [5.41, 5.74) is 1.14. The number of nitrogens with one attached hydrogen (secondary N) is 2. The van der Waals surface area contributed by atoms with E-state index in [9.17, 15) is 8.42 Å². The van der Waals surface area contributed by atoms with Crippen LogP contribution in [0, 0.1) is 0 Å². The molecule has 0 radical (unpaired) electrons. The molecule has 0 spiro atoms. The molecule has 0 heterocycles. The molecule has 2 N–H and O–H groups in total. The summed E-state index contributed by atoms with van der Waals surface area (Å²) in [7, 11) is -3.40. The molecule has 1 aromatic rings. The molecule has 0 amide bonds. The van der Waals surface area contributed by atoms with Gasteiger partial charge in [0, 0.05) is 17.8 Å². The van der Waals surface area contributed by atoms with Gasteiger partial charge in [0.1, 0.15) is 0 Å². The minimum absolute atomic E-state index is 0.265. The van der Waals surface area contributed by atoms with Crippen molar-refractivity contribution in [3.8, 4) is 0 Å². The molecule has 0 aromatic heterocycles. The Morgan fingerprint density at radius 3 is 2.29 bits per heavy atom. The lowest BCUT2D eigenvalue weighted by atomic mass is 10.1. The number of thioether (sulfide) groups is 1. The van der Waals surface area contributed by atoms with E-state index in [4.69, 9.17) is 0 Å². The monoisotopic (exact) mass is 330 g/mol. The van der Waals surface area contributed by atoms with E-state index < -0.39 is 10.0 Å². The van der Waals surface area contributed by atoms with Crippen molar-refractivity contribution in [1.29, 1.82) is 0 Å². The Bertz CT molecular complexity index is 513. The summed E-state index contributed by atoms with van der Waals surface area (Å²) in [4.78, 5) is 0.330. The zero-order valence-electron chi connectivity index (χ0n) is 13.2. The van der Waals surface area contributed by atoms with Crippen LogP contribution >= 0.6 is 11.8 Å². The molecule has 0 aliphatic rings. The zero-order chi connectivity index (χ0) is 15.9. The fraction of sp³-hybridized carbons (Fsp3) is 0.600. The first kappa shape index (κ1) is 18.5. The average Bonchev–Trinajstić information content (AvgIpc) is 2.45. The Morgan fingerprint density at radius 1 is 1.14 bits per heavy atom. The van der Waals surface area contributed by atoms with E-state index in [1.165, 1.54) is 0 Å². The average molecular weight is 331 g/mol. The van der Waals surface area contributed by atoms with Gasteiger partial charge in [0.25, 0.3) is 0 Å². The van der Waals surface area contributed by atoms with Gasteiger partial charge in [-0.1, -0.05) is 32.9 Å². The van der Waals surface area contributed by atoms with Crippen LogP contribution in [0.3, 0.4) is 0 Å². The van der Waals surface area contributed by atoms with Crippen molar-refractivity contribution in [3.63, 3.8) is 0 Å². The first-order chi connectivity index (χ1) is 9.85. The third-order valence-corrected chi connectivity index (χ3v) is 5.57. The summed E-state index contributed by atoms with van der Waals surface area (Å²) in [6.07, 6.45) is 2.87. The van der Waals surface area contributed by atoms with Gasteiger partial charge in [-0.25, -0.2) is 13.1 Å². The Labute approximate surface area is 133 Å².